The second-order valence-electron chi connectivity index (χ2n) is 9.91. The lowest BCUT2D eigenvalue weighted by Crippen LogP contribution is -2.53. The number of hydrogen-bond donors (Lipinski definition) is 0. The highest BCUT2D eigenvalue weighted by molar-refractivity contribution is 6.01. The topological polar surface area (TPSA) is 60.4 Å². The van der Waals surface area contributed by atoms with Gasteiger partial charge in [-0.2, -0.15) is 0 Å². The standard InChI is InChI=1S/C26H28O4/c1-25-12-10-17(27)14-21(25)22(30-24(29)16-6-4-3-5-7-16)15-18-19-8-9-23(28)26(19,2)13-11-20(18)25/h3-7,10,12,14,18-20,22H,8-9,11,13,15H2,1-2H3/t18-,19-,20-,22-,25+,26-/m0/s1. The maximum Gasteiger partial charge on any atom is 0.338 e. The van der Waals surface area contributed by atoms with E-state index in [1.807, 2.05) is 24.3 Å². The molecule has 4 aliphatic carbocycles. The SMILES string of the molecule is C[C@]12C=CC(=O)C=C1[C@@H](OC(=O)c1ccccc1)C[C@@H]1[C@@H]2CC[C@]2(C)C(=O)CC[C@@H]12. The molecule has 0 N–H and O–H groups in total. The number of hydrogen-bond acceptors (Lipinski definition) is 4. The molecule has 0 radical (unpaired) electrons. The van der Waals surface area contributed by atoms with Crippen LogP contribution in [0.2, 0.25) is 0 Å². The van der Waals surface area contributed by atoms with E-state index in [2.05, 4.69) is 13.8 Å². The number of fused-ring (bicyclic) bond motifs is 5. The van der Waals surface area contributed by atoms with Gasteiger partial charge in [0.15, 0.2) is 5.78 Å². The van der Waals surface area contributed by atoms with E-state index in [1.54, 1.807) is 24.3 Å². The van der Waals surface area contributed by atoms with Crippen LogP contribution in [-0.2, 0) is 14.3 Å². The fourth-order valence-corrected chi connectivity index (χ4v) is 6.87. The van der Waals surface area contributed by atoms with Crippen molar-refractivity contribution in [1.29, 1.82) is 0 Å². The summed E-state index contributed by atoms with van der Waals surface area (Å²) < 4.78 is 6.04. The lowest BCUT2D eigenvalue weighted by molar-refractivity contribution is -0.133. The number of ether oxygens (including phenoxy) is 1. The maximum atomic E-state index is 12.9. The monoisotopic (exact) mass is 404 g/mol. The quantitative estimate of drug-likeness (QED) is 0.671. The third kappa shape index (κ3) is 2.76. The van der Waals surface area contributed by atoms with E-state index in [-0.39, 0.29) is 22.6 Å². The summed E-state index contributed by atoms with van der Waals surface area (Å²) in [6.45, 7) is 4.32. The third-order valence-corrected chi connectivity index (χ3v) is 8.52. The summed E-state index contributed by atoms with van der Waals surface area (Å²) >= 11 is 0. The van der Waals surface area contributed by atoms with E-state index in [4.69, 9.17) is 4.74 Å². The van der Waals surface area contributed by atoms with Gasteiger partial charge >= 0.3 is 5.97 Å². The second-order valence-corrected chi connectivity index (χ2v) is 9.91. The van der Waals surface area contributed by atoms with Crippen molar-refractivity contribution < 1.29 is 19.1 Å². The van der Waals surface area contributed by atoms with Gasteiger partial charge in [0, 0.05) is 17.3 Å². The van der Waals surface area contributed by atoms with Gasteiger partial charge in [0.1, 0.15) is 11.9 Å². The summed E-state index contributed by atoms with van der Waals surface area (Å²) in [5, 5.41) is 0. The molecule has 0 aromatic heterocycles. The van der Waals surface area contributed by atoms with Gasteiger partial charge in [-0.25, -0.2) is 4.79 Å². The van der Waals surface area contributed by atoms with Crippen molar-refractivity contribution in [3.8, 4) is 0 Å². The van der Waals surface area contributed by atoms with Crippen molar-refractivity contribution in [2.24, 2.45) is 28.6 Å². The summed E-state index contributed by atoms with van der Waals surface area (Å²) in [7, 11) is 0. The van der Waals surface area contributed by atoms with Gasteiger partial charge in [-0.1, -0.05) is 38.1 Å². The van der Waals surface area contributed by atoms with Crippen molar-refractivity contribution in [2.45, 2.75) is 52.1 Å². The van der Waals surface area contributed by atoms with Crippen LogP contribution in [0.15, 0.2) is 54.1 Å². The van der Waals surface area contributed by atoms with Crippen molar-refractivity contribution in [2.75, 3.05) is 0 Å². The molecule has 4 nitrogen and oxygen atoms in total. The molecule has 0 amide bonds. The average molecular weight is 405 g/mol. The molecule has 0 bridgehead atoms. The van der Waals surface area contributed by atoms with E-state index in [9.17, 15) is 14.4 Å². The Balaban J connectivity index is 1.52. The van der Waals surface area contributed by atoms with Crippen LogP contribution in [0.3, 0.4) is 0 Å². The zero-order valence-corrected chi connectivity index (χ0v) is 17.6. The van der Waals surface area contributed by atoms with Crippen LogP contribution in [0.4, 0.5) is 0 Å². The van der Waals surface area contributed by atoms with E-state index in [0.29, 0.717) is 41.9 Å². The molecule has 0 saturated heterocycles. The summed E-state index contributed by atoms with van der Waals surface area (Å²) in [6, 6.07) is 9.01. The van der Waals surface area contributed by atoms with Gasteiger partial charge in [-0.05, 0) is 73.3 Å². The molecule has 30 heavy (non-hydrogen) atoms. The predicted molar refractivity (Wildman–Crippen MR) is 113 cm³/mol. The molecule has 0 spiro atoms. The Labute approximate surface area is 177 Å². The Morgan fingerprint density at radius 3 is 2.60 bits per heavy atom. The first-order chi connectivity index (χ1) is 14.3. The highest BCUT2D eigenvalue weighted by Crippen LogP contribution is 2.63. The maximum absolute atomic E-state index is 12.9. The molecular formula is C26H28O4. The highest BCUT2D eigenvalue weighted by atomic mass is 16.5. The molecule has 156 valence electrons. The summed E-state index contributed by atoms with van der Waals surface area (Å²) in [5.41, 5.74) is 0.879. The molecule has 0 unspecified atom stereocenters. The van der Waals surface area contributed by atoms with Gasteiger partial charge < -0.3 is 4.74 Å². The molecule has 1 aromatic carbocycles. The molecule has 4 aliphatic rings. The average Bonchev–Trinajstić information content (AvgIpc) is 3.05. The van der Waals surface area contributed by atoms with Crippen LogP contribution in [0.25, 0.3) is 0 Å². The zero-order chi connectivity index (χ0) is 21.1. The first-order valence-corrected chi connectivity index (χ1v) is 11.1. The molecule has 0 aliphatic heterocycles. The van der Waals surface area contributed by atoms with Crippen LogP contribution >= 0.6 is 0 Å². The largest absolute Gasteiger partial charge is 0.454 e. The van der Waals surface area contributed by atoms with Gasteiger partial charge in [0.2, 0.25) is 0 Å². The Morgan fingerprint density at radius 2 is 1.83 bits per heavy atom. The Bertz CT molecular complexity index is 974. The van der Waals surface area contributed by atoms with E-state index < -0.39 is 6.10 Å². The van der Waals surface area contributed by atoms with Gasteiger partial charge in [-0.3, -0.25) is 9.59 Å². The van der Waals surface area contributed by atoms with Crippen LogP contribution in [0.1, 0.15) is 56.3 Å². The minimum Gasteiger partial charge on any atom is -0.454 e. The number of rotatable bonds is 2. The van der Waals surface area contributed by atoms with Crippen molar-refractivity contribution in [3.63, 3.8) is 0 Å². The fourth-order valence-electron chi connectivity index (χ4n) is 6.87. The Kier molecular flexibility index (Phi) is 4.39. The molecule has 5 rings (SSSR count). The van der Waals surface area contributed by atoms with Crippen molar-refractivity contribution in [3.05, 3.63) is 59.7 Å². The molecule has 1 aromatic rings. The van der Waals surface area contributed by atoms with E-state index in [1.165, 1.54) is 0 Å². The van der Waals surface area contributed by atoms with Crippen LogP contribution in [0.5, 0.6) is 0 Å². The minimum atomic E-state index is -0.434. The Morgan fingerprint density at radius 1 is 1.07 bits per heavy atom. The molecule has 3 saturated carbocycles. The van der Waals surface area contributed by atoms with Gasteiger partial charge in [-0.15, -0.1) is 0 Å². The van der Waals surface area contributed by atoms with Crippen molar-refractivity contribution >= 4 is 17.5 Å². The van der Waals surface area contributed by atoms with Crippen molar-refractivity contribution in [1.82, 2.24) is 0 Å². The number of carbonyl (C=O) groups excluding carboxylic acids is 3. The smallest absolute Gasteiger partial charge is 0.338 e. The highest BCUT2D eigenvalue weighted by Gasteiger charge is 2.60. The fraction of sp³-hybridized carbons (Fsp3) is 0.500. The summed E-state index contributed by atoms with van der Waals surface area (Å²) in [5.74, 6) is 0.993. The number of esters is 1. The molecular weight excluding hydrogens is 376 g/mol. The number of Topliss-reactive ketones (excluding diaryl/α,β-unsaturated/α-hetero) is 1. The first kappa shape index (κ1) is 19.5. The lowest BCUT2D eigenvalue weighted by Gasteiger charge is -2.57. The van der Waals surface area contributed by atoms with E-state index in [0.717, 1.165) is 24.8 Å². The number of carbonyl (C=O) groups is 3. The molecule has 0 heterocycles. The van der Waals surface area contributed by atoms with Crippen LogP contribution in [-0.4, -0.2) is 23.6 Å². The normalized spacial score (nSPS) is 39.6. The number of ketones is 2. The van der Waals surface area contributed by atoms with Crippen LogP contribution in [0, 0.1) is 28.6 Å². The molecule has 4 heteroatoms. The zero-order valence-electron chi connectivity index (χ0n) is 17.6. The third-order valence-electron chi connectivity index (χ3n) is 8.52. The Hall–Kier alpha value is -2.49. The van der Waals surface area contributed by atoms with Crippen LogP contribution < -0.4 is 0 Å². The molecule has 3 fully saturated rings. The van der Waals surface area contributed by atoms with E-state index >= 15 is 0 Å². The first-order valence-electron chi connectivity index (χ1n) is 11.1. The summed E-state index contributed by atoms with van der Waals surface area (Å²) in [4.78, 5) is 37.8. The second kappa shape index (κ2) is 6.76. The predicted octanol–water partition coefficient (Wildman–Crippen LogP) is 4.70. The lowest BCUT2D eigenvalue weighted by atomic mass is 9.48. The summed E-state index contributed by atoms with van der Waals surface area (Å²) in [6.07, 6.45) is 9.11. The molecule has 6 atom stereocenters. The van der Waals surface area contributed by atoms with Gasteiger partial charge in [0.05, 0.1) is 5.56 Å². The number of allylic oxidation sites excluding steroid dienone is 3. The number of benzene rings is 1. The minimum absolute atomic E-state index is 0.0432. The van der Waals surface area contributed by atoms with Gasteiger partial charge in [0.25, 0.3) is 0 Å².